The van der Waals surface area contributed by atoms with Crippen molar-refractivity contribution < 1.29 is 49.3 Å². The number of carbonyl (C=O) groups excluding carboxylic acids is 2. The van der Waals surface area contributed by atoms with Crippen LogP contribution in [0.25, 0.3) is 0 Å². The van der Waals surface area contributed by atoms with Crippen molar-refractivity contribution in [1.29, 1.82) is 0 Å². The molecule has 11 nitrogen and oxygen atoms in total. The maximum absolute atomic E-state index is 13.4. The van der Waals surface area contributed by atoms with Crippen LogP contribution in [0.5, 0.6) is 0 Å². The average Bonchev–Trinajstić information content (AvgIpc) is 3.41. The van der Waals surface area contributed by atoms with Crippen LogP contribution < -0.4 is 5.32 Å². The summed E-state index contributed by atoms with van der Waals surface area (Å²) in [6.45, 7) is 5.71. The van der Waals surface area contributed by atoms with Crippen LogP contribution >= 0.6 is 0 Å². The number of aliphatic hydroxyl groups excluding tert-OH is 5. The number of unbranched alkanes of at least 4 members (excludes halogenated alkanes) is 27. The summed E-state index contributed by atoms with van der Waals surface area (Å²) < 4.78 is 17.5. The van der Waals surface area contributed by atoms with E-state index < -0.39 is 67.4 Å². The highest BCUT2D eigenvalue weighted by molar-refractivity contribution is 5.80. The summed E-state index contributed by atoms with van der Waals surface area (Å²) in [5.74, 6) is -1.27. The van der Waals surface area contributed by atoms with Crippen molar-refractivity contribution >= 4 is 11.9 Å². The molecule has 0 radical (unpaired) electrons. The molecule has 1 heterocycles. The van der Waals surface area contributed by atoms with Crippen molar-refractivity contribution in [1.82, 2.24) is 5.32 Å². The van der Waals surface area contributed by atoms with Gasteiger partial charge in [-0.05, 0) is 83.5 Å². The van der Waals surface area contributed by atoms with E-state index in [9.17, 15) is 35.1 Å². The van der Waals surface area contributed by atoms with Crippen LogP contribution in [0.3, 0.4) is 0 Å². The molecule has 0 aliphatic carbocycles. The van der Waals surface area contributed by atoms with E-state index in [1.54, 1.807) is 6.08 Å². The highest BCUT2D eigenvalue weighted by Gasteiger charge is 2.47. The molecule has 1 fully saturated rings. The minimum Gasteiger partial charge on any atom is -0.454 e. The lowest BCUT2D eigenvalue weighted by Gasteiger charge is -2.41. The molecule has 75 heavy (non-hydrogen) atoms. The summed E-state index contributed by atoms with van der Waals surface area (Å²) in [4.78, 5) is 26.5. The van der Waals surface area contributed by atoms with Gasteiger partial charge in [0.05, 0.1) is 25.4 Å². The van der Waals surface area contributed by atoms with Gasteiger partial charge in [0.1, 0.15) is 24.4 Å². The van der Waals surface area contributed by atoms with Crippen molar-refractivity contribution in [2.45, 2.75) is 307 Å². The number of nitrogens with one attached hydrogen (secondary N) is 1. The third kappa shape index (κ3) is 40.0. The third-order valence-corrected chi connectivity index (χ3v) is 14.1. The van der Waals surface area contributed by atoms with Gasteiger partial charge in [0, 0.05) is 6.42 Å². The molecule has 0 bridgehead atoms. The van der Waals surface area contributed by atoms with Gasteiger partial charge in [-0.15, -0.1) is 0 Å². The zero-order chi connectivity index (χ0) is 54.7. The molecule has 6 N–H and O–H groups in total. The molecule has 434 valence electrons. The SMILES string of the molecule is CCCCC/C=C\C/C=C\C/C=C\CCCCCCCCCC(O)C(=O)NC(COC1OC(CO)C(O)C(O)C1OC(=O)CC/C=C/C/C=C\CCCCCCCC)C(O)/C=C/CCCCCCCCCCCCC. The fourth-order valence-corrected chi connectivity index (χ4v) is 9.18. The largest absolute Gasteiger partial charge is 0.454 e. The number of esters is 1. The molecule has 1 aliphatic rings. The van der Waals surface area contributed by atoms with Crippen molar-refractivity contribution in [3.8, 4) is 0 Å². The van der Waals surface area contributed by atoms with E-state index in [1.807, 2.05) is 18.2 Å². The molecule has 1 aliphatic heterocycles. The molecule has 1 saturated heterocycles. The van der Waals surface area contributed by atoms with Crippen molar-refractivity contribution in [2.75, 3.05) is 13.2 Å². The Balaban J connectivity index is 2.72. The maximum atomic E-state index is 13.4. The number of rotatable bonds is 51. The van der Waals surface area contributed by atoms with E-state index in [1.165, 1.54) is 135 Å². The molecule has 0 saturated carbocycles. The lowest BCUT2D eigenvalue weighted by Crippen LogP contribution is -2.61. The maximum Gasteiger partial charge on any atom is 0.306 e. The van der Waals surface area contributed by atoms with Crippen molar-refractivity contribution in [3.63, 3.8) is 0 Å². The van der Waals surface area contributed by atoms with E-state index in [2.05, 4.69) is 74.7 Å². The molecule has 0 aromatic heterocycles. The molecule has 11 heteroatoms. The van der Waals surface area contributed by atoms with Gasteiger partial charge in [-0.25, -0.2) is 0 Å². The summed E-state index contributed by atoms with van der Waals surface area (Å²) in [6.07, 6.45) is 55.2. The van der Waals surface area contributed by atoms with Gasteiger partial charge in [-0.1, -0.05) is 241 Å². The number of hydrogen-bond acceptors (Lipinski definition) is 10. The van der Waals surface area contributed by atoms with Crippen LogP contribution in [0.4, 0.5) is 0 Å². The Morgan fingerprint density at radius 3 is 1.40 bits per heavy atom. The molecule has 0 spiro atoms. The van der Waals surface area contributed by atoms with Gasteiger partial charge in [0.25, 0.3) is 0 Å². The van der Waals surface area contributed by atoms with E-state index in [0.717, 1.165) is 77.0 Å². The Morgan fingerprint density at radius 2 is 0.920 bits per heavy atom. The second-order valence-electron chi connectivity index (χ2n) is 21.1. The number of amides is 1. The first-order valence-electron chi connectivity index (χ1n) is 30.7. The highest BCUT2D eigenvalue weighted by Crippen LogP contribution is 2.26. The normalized spacial score (nSPS) is 19.7. The van der Waals surface area contributed by atoms with Crippen LogP contribution in [0.2, 0.25) is 0 Å². The number of allylic oxidation sites excluding steroid dienone is 11. The monoisotopic (exact) mass is 1060 g/mol. The highest BCUT2D eigenvalue weighted by atomic mass is 16.7. The van der Waals surface area contributed by atoms with Crippen molar-refractivity contribution in [2.24, 2.45) is 0 Å². The second-order valence-corrected chi connectivity index (χ2v) is 21.1. The summed E-state index contributed by atoms with van der Waals surface area (Å²) in [7, 11) is 0. The number of aliphatic hydroxyl groups is 5. The van der Waals surface area contributed by atoms with E-state index in [0.29, 0.717) is 12.8 Å². The summed E-state index contributed by atoms with van der Waals surface area (Å²) in [5, 5.41) is 56.9. The Labute approximate surface area is 458 Å². The fourth-order valence-electron chi connectivity index (χ4n) is 9.18. The number of hydrogen-bond donors (Lipinski definition) is 6. The molecule has 1 rings (SSSR count). The quantitative estimate of drug-likeness (QED) is 0.0195. The Bertz CT molecular complexity index is 1490. The molecular weight excluding hydrogens is 943 g/mol. The summed E-state index contributed by atoms with van der Waals surface area (Å²) in [5.41, 5.74) is 0. The molecule has 8 atom stereocenters. The summed E-state index contributed by atoms with van der Waals surface area (Å²) >= 11 is 0. The standard InChI is InChI=1S/C64H113NO10/c1-4-7-10-13-16-19-22-25-26-27-28-29-30-31-34-36-39-42-45-48-51-57(68)63(72)65-55(56(67)50-47-44-41-38-35-32-23-20-17-14-11-8-5-2)54-73-64-62(61(71)60(70)58(53-66)74-64)75-59(69)52-49-46-43-40-37-33-24-21-18-15-12-9-6-3/h16,19,25-26,28-29,33,37,43,46-47,50,55-58,60-62,64,66-68,70-71H,4-15,17-18,20-24,27,30-32,34-36,38-42,44-45,48-49,51-54H2,1-3H3,(H,65,72)/b19-16-,26-25-,29-28-,37-33-,46-43+,50-47+. The first-order chi connectivity index (χ1) is 36.7. The lowest BCUT2D eigenvalue weighted by molar-refractivity contribution is -0.305. The predicted octanol–water partition coefficient (Wildman–Crippen LogP) is 14.4. The first-order valence-corrected chi connectivity index (χ1v) is 30.7. The van der Waals surface area contributed by atoms with Crippen molar-refractivity contribution in [3.05, 3.63) is 72.9 Å². The zero-order valence-electron chi connectivity index (χ0n) is 47.9. The van der Waals surface area contributed by atoms with E-state index in [4.69, 9.17) is 14.2 Å². The Kier molecular flexibility index (Phi) is 48.5. The van der Waals surface area contributed by atoms with E-state index >= 15 is 0 Å². The second kappa shape index (κ2) is 51.8. The van der Waals surface area contributed by atoms with Crippen LogP contribution in [0.1, 0.15) is 258 Å². The Hall–Kier alpha value is -2.90. The third-order valence-electron chi connectivity index (χ3n) is 14.1. The molecule has 0 aromatic rings. The average molecular weight is 1060 g/mol. The van der Waals surface area contributed by atoms with Crippen LogP contribution in [-0.2, 0) is 23.8 Å². The molecular formula is C64H113NO10. The minimum atomic E-state index is -1.64. The van der Waals surface area contributed by atoms with Gasteiger partial charge in [-0.3, -0.25) is 9.59 Å². The molecule has 0 aromatic carbocycles. The topological polar surface area (TPSA) is 175 Å². The molecule has 8 unspecified atom stereocenters. The smallest absolute Gasteiger partial charge is 0.306 e. The number of ether oxygens (including phenoxy) is 3. The van der Waals surface area contributed by atoms with Gasteiger partial charge < -0.3 is 45.1 Å². The zero-order valence-corrected chi connectivity index (χ0v) is 47.9. The Morgan fingerprint density at radius 1 is 0.520 bits per heavy atom. The van der Waals surface area contributed by atoms with Crippen LogP contribution in [0.15, 0.2) is 72.9 Å². The lowest BCUT2D eigenvalue weighted by atomic mass is 9.99. The fraction of sp³-hybridized carbons (Fsp3) is 0.781. The summed E-state index contributed by atoms with van der Waals surface area (Å²) in [6, 6.07) is -1.04. The van der Waals surface area contributed by atoms with Gasteiger partial charge in [-0.2, -0.15) is 0 Å². The van der Waals surface area contributed by atoms with Gasteiger partial charge in [0.2, 0.25) is 5.91 Å². The van der Waals surface area contributed by atoms with Gasteiger partial charge in [0.15, 0.2) is 12.4 Å². The van der Waals surface area contributed by atoms with Crippen LogP contribution in [-0.4, -0.2) is 99.6 Å². The molecule has 1 amide bonds. The predicted molar refractivity (Wildman–Crippen MR) is 310 cm³/mol. The van der Waals surface area contributed by atoms with E-state index in [-0.39, 0.29) is 19.4 Å². The minimum absolute atomic E-state index is 0.0149. The number of carbonyl (C=O) groups is 2. The first kappa shape index (κ1) is 70.1. The van der Waals surface area contributed by atoms with Gasteiger partial charge >= 0.3 is 5.97 Å². The van der Waals surface area contributed by atoms with Crippen LogP contribution in [0, 0.1) is 0 Å².